The first-order valence-corrected chi connectivity index (χ1v) is 7.38. The minimum Gasteiger partial charge on any atom is -0.495 e. The zero-order valence-corrected chi connectivity index (χ0v) is 13.8. The van der Waals surface area contributed by atoms with Gasteiger partial charge >= 0.3 is 0 Å². The quantitative estimate of drug-likeness (QED) is 0.603. The van der Waals surface area contributed by atoms with Gasteiger partial charge in [-0.2, -0.15) is 5.26 Å². The Morgan fingerprint density at radius 2 is 2.12 bits per heavy atom. The molecule has 0 radical (unpaired) electrons. The van der Waals surface area contributed by atoms with Crippen molar-refractivity contribution in [2.45, 2.75) is 0 Å². The third-order valence-corrected chi connectivity index (χ3v) is 3.52. The highest BCUT2D eigenvalue weighted by Crippen LogP contribution is 2.28. The average molecular weight is 361 g/mol. The zero-order valence-electron chi connectivity index (χ0n) is 13.1. The van der Waals surface area contributed by atoms with Gasteiger partial charge in [-0.15, -0.1) is 0 Å². The normalized spacial score (nSPS) is 9.80. The van der Waals surface area contributed by atoms with Crippen LogP contribution in [-0.4, -0.2) is 24.5 Å². The molecule has 0 aromatic heterocycles. The number of benzene rings is 2. The van der Waals surface area contributed by atoms with Crippen LogP contribution in [0.5, 0.6) is 5.75 Å². The van der Waals surface area contributed by atoms with Crippen molar-refractivity contribution in [2.24, 2.45) is 0 Å². The highest BCUT2D eigenvalue weighted by Gasteiger charge is 2.12. The standard InChI is InChI=1S/C16H13ClN4O4/c1-25-15-5-4-12(21(23)24)7-14(15)19-9-16(22)20-11-3-2-10(8-18)13(17)6-11/h2-7,19H,9H2,1H3,(H,20,22). The van der Waals surface area contributed by atoms with Crippen molar-refractivity contribution in [3.63, 3.8) is 0 Å². The summed E-state index contributed by atoms with van der Waals surface area (Å²) in [6.45, 7) is -0.144. The number of ether oxygens (including phenoxy) is 1. The number of methoxy groups -OCH3 is 1. The van der Waals surface area contributed by atoms with Crippen LogP contribution < -0.4 is 15.4 Å². The molecule has 9 heteroatoms. The van der Waals surface area contributed by atoms with Crippen molar-refractivity contribution in [1.29, 1.82) is 5.26 Å². The van der Waals surface area contributed by atoms with Gasteiger partial charge < -0.3 is 15.4 Å². The van der Waals surface area contributed by atoms with Crippen LogP contribution in [0.15, 0.2) is 36.4 Å². The number of hydrogen-bond acceptors (Lipinski definition) is 6. The number of amides is 1. The lowest BCUT2D eigenvalue weighted by Crippen LogP contribution is -2.22. The van der Waals surface area contributed by atoms with E-state index in [0.717, 1.165) is 0 Å². The van der Waals surface area contributed by atoms with E-state index in [0.29, 0.717) is 22.7 Å². The lowest BCUT2D eigenvalue weighted by molar-refractivity contribution is -0.384. The SMILES string of the molecule is COc1ccc([N+](=O)[O-])cc1NCC(=O)Nc1ccc(C#N)c(Cl)c1. The van der Waals surface area contributed by atoms with Gasteiger partial charge in [-0.3, -0.25) is 14.9 Å². The molecule has 1 amide bonds. The van der Waals surface area contributed by atoms with Gasteiger partial charge in [0.05, 0.1) is 34.9 Å². The highest BCUT2D eigenvalue weighted by molar-refractivity contribution is 6.32. The van der Waals surface area contributed by atoms with Crippen LogP contribution in [0, 0.1) is 21.4 Å². The number of carbonyl (C=O) groups excluding carboxylic acids is 1. The Morgan fingerprint density at radius 1 is 1.36 bits per heavy atom. The molecule has 0 saturated heterocycles. The van der Waals surface area contributed by atoms with E-state index in [2.05, 4.69) is 10.6 Å². The number of nitrogens with zero attached hydrogens (tertiary/aromatic N) is 2. The zero-order chi connectivity index (χ0) is 18.4. The molecular formula is C16H13ClN4O4. The number of halogens is 1. The van der Waals surface area contributed by atoms with Gasteiger partial charge in [0.2, 0.25) is 5.91 Å². The summed E-state index contributed by atoms with van der Waals surface area (Å²) in [5.41, 5.74) is 0.938. The van der Waals surface area contributed by atoms with Crippen molar-refractivity contribution < 1.29 is 14.5 Å². The van der Waals surface area contributed by atoms with Gasteiger partial charge in [-0.1, -0.05) is 11.6 Å². The first-order valence-electron chi connectivity index (χ1n) is 7.00. The maximum absolute atomic E-state index is 12.0. The predicted octanol–water partition coefficient (Wildman–Crippen LogP) is 3.18. The Morgan fingerprint density at radius 3 is 2.72 bits per heavy atom. The Bertz CT molecular complexity index is 864. The molecule has 0 bridgehead atoms. The topological polar surface area (TPSA) is 117 Å². The van der Waals surface area contributed by atoms with Crippen LogP contribution in [0.25, 0.3) is 0 Å². The summed E-state index contributed by atoms with van der Waals surface area (Å²) in [5, 5.41) is 25.3. The van der Waals surface area contributed by atoms with E-state index in [9.17, 15) is 14.9 Å². The van der Waals surface area contributed by atoms with E-state index < -0.39 is 10.8 Å². The van der Waals surface area contributed by atoms with E-state index in [1.54, 1.807) is 6.07 Å². The van der Waals surface area contributed by atoms with Gasteiger partial charge in [0.1, 0.15) is 11.8 Å². The molecule has 0 unspecified atom stereocenters. The van der Waals surface area contributed by atoms with Gasteiger partial charge in [0, 0.05) is 17.8 Å². The van der Waals surface area contributed by atoms with Gasteiger partial charge in [0.15, 0.2) is 0 Å². The van der Waals surface area contributed by atoms with Crippen LogP contribution in [0.4, 0.5) is 17.1 Å². The van der Waals surface area contributed by atoms with Crippen molar-refractivity contribution in [3.05, 3.63) is 57.1 Å². The van der Waals surface area contributed by atoms with E-state index in [1.807, 2.05) is 6.07 Å². The van der Waals surface area contributed by atoms with Crippen molar-refractivity contribution in [1.82, 2.24) is 0 Å². The van der Waals surface area contributed by atoms with Gasteiger partial charge in [-0.05, 0) is 24.3 Å². The molecule has 0 saturated carbocycles. The fraction of sp³-hybridized carbons (Fsp3) is 0.125. The number of hydrogen-bond donors (Lipinski definition) is 2. The summed E-state index contributed by atoms with van der Waals surface area (Å²) in [4.78, 5) is 22.3. The molecule has 0 spiro atoms. The number of nitro groups is 1. The summed E-state index contributed by atoms with van der Waals surface area (Å²) >= 11 is 5.90. The Kier molecular flexibility index (Phi) is 5.76. The lowest BCUT2D eigenvalue weighted by Gasteiger charge is -2.11. The minimum atomic E-state index is -0.538. The molecule has 0 aliphatic carbocycles. The molecule has 0 heterocycles. The van der Waals surface area contributed by atoms with Gasteiger partial charge in [0.25, 0.3) is 5.69 Å². The average Bonchev–Trinajstić information content (AvgIpc) is 2.59. The minimum absolute atomic E-state index is 0.123. The van der Waals surface area contributed by atoms with Crippen molar-refractivity contribution in [3.8, 4) is 11.8 Å². The molecule has 2 aromatic rings. The Balaban J connectivity index is 2.05. The molecule has 25 heavy (non-hydrogen) atoms. The Hall–Kier alpha value is -3.31. The number of rotatable bonds is 6. The molecule has 2 aromatic carbocycles. The number of anilines is 2. The third-order valence-electron chi connectivity index (χ3n) is 3.21. The summed E-state index contributed by atoms with van der Waals surface area (Å²) in [6, 6.07) is 10.5. The molecule has 2 N–H and O–H groups in total. The van der Waals surface area contributed by atoms with E-state index in [1.165, 1.54) is 37.4 Å². The van der Waals surface area contributed by atoms with Crippen LogP contribution in [0.3, 0.4) is 0 Å². The van der Waals surface area contributed by atoms with Crippen LogP contribution in [0.1, 0.15) is 5.56 Å². The second-order valence-corrected chi connectivity index (χ2v) is 5.26. The van der Waals surface area contributed by atoms with Gasteiger partial charge in [-0.25, -0.2) is 0 Å². The highest BCUT2D eigenvalue weighted by atomic mass is 35.5. The fourth-order valence-electron chi connectivity index (χ4n) is 2.01. The summed E-state index contributed by atoms with van der Waals surface area (Å²) in [6.07, 6.45) is 0. The second-order valence-electron chi connectivity index (χ2n) is 4.85. The molecule has 2 rings (SSSR count). The monoisotopic (exact) mass is 360 g/mol. The molecule has 8 nitrogen and oxygen atoms in total. The molecule has 128 valence electrons. The fourth-order valence-corrected chi connectivity index (χ4v) is 2.23. The largest absolute Gasteiger partial charge is 0.495 e. The van der Waals surface area contributed by atoms with Crippen molar-refractivity contribution >= 4 is 34.6 Å². The van der Waals surface area contributed by atoms with Crippen molar-refractivity contribution in [2.75, 3.05) is 24.3 Å². The lowest BCUT2D eigenvalue weighted by atomic mass is 10.2. The number of nitrogens with one attached hydrogen (secondary N) is 2. The van der Waals surface area contributed by atoms with E-state index >= 15 is 0 Å². The first kappa shape index (κ1) is 18.0. The number of nitriles is 1. The van der Waals surface area contributed by atoms with Crippen LogP contribution in [-0.2, 0) is 4.79 Å². The number of non-ortho nitro benzene ring substituents is 1. The third kappa shape index (κ3) is 4.59. The maximum atomic E-state index is 12.0. The summed E-state index contributed by atoms with van der Waals surface area (Å²) in [7, 11) is 1.42. The molecule has 0 aliphatic rings. The second kappa shape index (κ2) is 7.99. The van der Waals surface area contributed by atoms with Crippen LogP contribution in [0.2, 0.25) is 5.02 Å². The Labute approximate surface area is 148 Å². The number of carbonyl (C=O) groups is 1. The molecule has 0 atom stereocenters. The molecule has 0 fully saturated rings. The first-order chi connectivity index (χ1) is 11.9. The summed E-state index contributed by atoms with van der Waals surface area (Å²) in [5.74, 6) is -0.0193. The molecular weight excluding hydrogens is 348 g/mol. The molecule has 0 aliphatic heterocycles. The number of nitro benzene ring substituents is 1. The summed E-state index contributed by atoms with van der Waals surface area (Å²) < 4.78 is 5.11. The smallest absolute Gasteiger partial charge is 0.271 e. The van der Waals surface area contributed by atoms with E-state index in [-0.39, 0.29) is 17.3 Å². The maximum Gasteiger partial charge on any atom is 0.271 e. The van der Waals surface area contributed by atoms with Crippen LogP contribution >= 0.6 is 11.6 Å². The van der Waals surface area contributed by atoms with E-state index in [4.69, 9.17) is 21.6 Å². The predicted molar refractivity (Wildman–Crippen MR) is 92.9 cm³/mol.